The molecule has 0 atom stereocenters. The van der Waals surface area contributed by atoms with Gasteiger partial charge in [-0.2, -0.15) is 5.10 Å². The minimum atomic E-state index is -1.05. The maximum Gasteiger partial charge on any atom is 0.354 e. The Labute approximate surface area is 103 Å². The fourth-order valence-electron chi connectivity index (χ4n) is 1.51. The molecule has 0 aromatic carbocycles. The molecule has 1 N–H and O–H groups in total. The van der Waals surface area contributed by atoms with E-state index in [0.29, 0.717) is 22.8 Å². The molecule has 5 nitrogen and oxygen atoms in total. The number of aromatic carboxylic acids is 1. The van der Waals surface area contributed by atoms with Gasteiger partial charge in [-0.15, -0.1) is 0 Å². The smallest absolute Gasteiger partial charge is 0.354 e. The number of hydrogen-bond donors (Lipinski definition) is 1. The Morgan fingerprint density at radius 1 is 1.59 bits per heavy atom. The first-order chi connectivity index (χ1) is 8.08. The molecular formula is C11H10ClN3O2. The van der Waals surface area contributed by atoms with Gasteiger partial charge in [-0.1, -0.05) is 17.7 Å². The van der Waals surface area contributed by atoms with Gasteiger partial charge in [0.15, 0.2) is 5.69 Å². The van der Waals surface area contributed by atoms with E-state index in [4.69, 9.17) is 16.7 Å². The molecular weight excluding hydrogens is 242 g/mol. The van der Waals surface area contributed by atoms with E-state index in [0.717, 1.165) is 0 Å². The Morgan fingerprint density at radius 3 is 2.94 bits per heavy atom. The van der Waals surface area contributed by atoms with Gasteiger partial charge in [0.2, 0.25) is 0 Å². The highest BCUT2D eigenvalue weighted by atomic mass is 35.5. The maximum atomic E-state index is 11.0. The highest BCUT2D eigenvalue weighted by Gasteiger charge is 2.12. The second-order valence-electron chi connectivity index (χ2n) is 3.58. The molecule has 0 aliphatic heterocycles. The van der Waals surface area contributed by atoms with E-state index in [2.05, 4.69) is 10.1 Å². The molecule has 2 aromatic rings. The molecule has 6 heteroatoms. The first-order valence-corrected chi connectivity index (χ1v) is 5.32. The summed E-state index contributed by atoms with van der Waals surface area (Å²) in [5, 5.41) is 13.7. The van der Waals surface area contributed by atoms with E-state index in [1.54, 1.807) is 29.9 Å². The molecule has 0 saturated carbocycles. The van der Waals surface area contributed by atoms with Crippen LogP contribution in [0.4, 0.5) is 0 Å². The largest absolute Gasteiger partial charge is 0.477 e. The second kappa shape index (κ2) is 4.55. The summed E-state index contributed by atoms with van der Waals surface area (Å²) in [5.41, 5.74) is 1.35. The van der Waals surface area contributed by atoms with Crippen LogP contribution in [0, 0.1) is 6.92 Å². The predicted molar refractivity (Wildman–Crippen MR) is 62.3 cm³/mol. The highest BCUT2D eigenvalue weighted by Crippen LogP contribution is 2.14. The topological polar surface area (TPSA) is 68.0 Å². The van der Waals surface area contributed by atoms with E-state index >= 15 is 0 Å². The summed E-state index contributed by atoms with van der Waals surface area (Å²) < 4.78 is 1.60. The lowest BCUT2D eigenvalue weighted by Gasteiger charge is -2.04. The number of hydrogen-bond acceptors (Lipinski definition) is 3. The molecule has 0 fully saturated rings. The average Bonchev–Trinajstić information content (AvgIpc) is 2.58. The number of carboxylic acid groups (broad SMARTS) is 1. The number of aromatic nitrogens is 3. The van der Waals surface area contributed by atoms with Gasteiger partial charge in [-0.3, -0.25) is 4.68 Å². The lowest BCUT2D eigenvalue weighted by Crippen LogP contribution is -2.09. The maximum absolute atomic E-state index is 11.0. The summed E-state index contributed by atoms with van der Waals surface area (Å²) in [6.45, 7) is 2.13. The van der Waals surface area contributed by atoms with Crippen LogP contribution in [0.15, 0.2) is 24.5 Å². The SMILES string of the molecule is Cc1nn(Cc2cccnc2C(=O)O)cc1Cl. The van der Waals surface area contributed by atoms with Gasteiger partial charge in [0.25, 0.3) is 0 Å². The third-order valence-corrected chi connectivity index (χ3v) is 2.68. The van der Waals surface area contributed by atoms with Crippen molar-refractivity contribution in [3.63, 3.8) is 0 Å². The quantitative estimate of drug-likeness (QED) is 0.906. The van der Waals surface area contributed by atoms with Crippen LogP contribution < -0.4 is 0 Å². The van der Waals surface area contributed by atoms with Crippen LogP contribution in [0.25, 0.3) is 0 Å². The molecule has 0 spiro atoms. The average molecular weight is 252 g/mol. The van der Waals surface area contributed by atoms with Crippen molar-refractivity contribution in [3.05, 3.63) is 46.5 Å². The van der Waals surface area contributed by atoms with E-state index in [1.807, 2.05) is 0 Å². The molecule has 0 radical (unpaired) electrons. The normalized spacial score (nSPS) is 10.5. The Balaban J connectivity index is 2.33. The number of halogens is 1. The number of aryl methyl sites for hydroxylation is 1. The Morgan fingerprint density at radius 2 is 2.35 bits per heavy atom. The van der Waals surface area contributed by atoms with Crippen molar-refractivity contribution < 1.29 is 9.90 Å². The van der Waals surface area contributed by atoms with Crippen LogP contribution in [0.5, 0.6) is 0 Å². The molecule has 17 heavy (non-hydrogen) atoms. The van der Waals surface area contributed by atoms with Gasteiger partial charge in [-0.25, -0.2) is 9.78 Å². The summed E-state index contributed by atoms with van der Waals surface area (Å²) in [4.78, 5) is 14.8. The molecule has 0 aliphatic carbocycles. The van der Waals surface area contributed by atoms with Crippen molar-refractivity contribution in [2.45, 2.75) is 13.5 Å². The summed E-state index contributed by atoms with van der Waals surface area (Å²) >= 11 is 5.88. The fraction of sp³-hybridized carbons (Fsp3) is 0.182. The Hall–Kier alpha value is -1.88. The molecule has 0 amide bonds. The van der Waals surface area contributed by atoms with Gasteiger partial charge < -0.3 is 5.11 Å². The second-order valence-corrected chi connectivity index (χ2v) is 3.98. The lowest BCUT2D eigenvalue weighted by atomic mass is 10.2. The fourth-order valence-corrected chi connectivity index (χ4v) is 1.66. The van der Waals surface area contributed by atoms with Crippen molar-refractivity contribution >= 4 is 17.6 Å². The van der Waals surface area contributed by atoms with Crippen LogP contribution in [0.2, 0.25) is 5.02 Å². The third-order valence-electron chi connectivity index (χ3n) is 2.31. The van der Waals surface area contributed by atoms with Gasteiger partial charge in [-0.05, 0) is 13.0 Å². The first kappa shape index (κ1) is 11.6. The van der Waals surface area contributed by atoms with Crippen molar-refractivity contribution in [1.29, 1.82) is 0 Å². The van der Waals surface area contributed by atoms with Crippen LogP contribution in [0.3, 0.4) is 0 Å². The molecule has 0 unspecified atom stereocenters. The minimum Gasteiger partial charge on any atom is -0.477 e. The van der Waals surface area contributed by atoms with Gasteiger partial charge in [0.1, 0.15) is 0 Å². The molecule has 88 valence electrons. The van der Waals surface area contributed by atoms with E-state index < -0.39 is 5.97 Å². The highest BCUT2D eigenvalue weighted by molar-refractivity contribution is 6.31. The predicted octanol–water partition coefficient (Wildman–Crippen LogP) is 1.99. The molecule has 2 aromatic heterocycles. The molecule has 2 heterocycles. The van der Waals surface area contributed by atoms with Gasteiger partial charge in [0.05, 0.1) is 17.3 Å². The zero-order valence-corrected chi connectivity index (χ0v) is 9.85. The van der Waals surface area contributed by atoms with Crippen LogP contribution in [-0.2, 0) is 6.54 Å². The van der Waals surface area contributed by atoms with Crippen molar-refractivity contribution in [2.75, 3.05) is 0 Å². The number of pyridine rings is 1. The first-order valence-electron chi connectivity index (χ1n) is 4.94. The van der Waals surface area contributed by atoms with Crippen LogP contribution in [0.1, 0.15) is 21.7 Å². The standard InChI is InChI=1S/C11H10ClN3O2/c1-7-9(12)6-15(14-7)5-8-3-2-4-13-10(8)11(16)17/h2-4,6H,5H2,1H3,(H,16,17). The number of carboxylic acids is 1. The van der Waals surface area contributed by atoms with Crippen molar-refractivity contribution in [3.8, 4) is 0 Å². The molecule has 2 rings (SSSR count). The zero-order valence-electron chi connectivity index (χ0n) is 9.09. The van der Waals surface area contributed by atoms with Gasteiger partial charge >= 0.3 is 5.97 Å². The molecule has 0 saturated heterocycles. The monoisotopic (exact) mass is 251 g/mol. The number of rotatable bonds is 3. The number of nitrogens with zero attached hydrogens (tertiary/aromatic N) is 3. The summed E-state index contributed by atoms with van der Waals surface area (Å²) in [6.07, 6.45) is 3.11. The Bertz CT molecular complexity index is 546. The summed E-state index contributed by atoms with van der Waals surface area (Å²) in [7, 11) is 0. The third kappa shape index (κ3) is 2.45. The van der Waals surface area contributed by atoms with Crippen LogP contribution in [-0.4, -0.2) is 25.8 Å². The van der Waals surface area contributed by atoms with Crippen molar-refractivity contribution in [2.24, 2.45) is 0 Å². The molecule has 0 aliphatic rings. The minimum absolute atomic E-state index is 0.0387. The Kier molecular flexibility index (Phi) is 3.10. The van der Waals surface area contributed by atoms with E-state index in [9.17, 15) is 4.79 Å². The molecule has 0 bridgehead atoms. The lowest BCUT2D eigenvalue weighted by molar-refractivity contribution is 0.0689. The van der Waals surface area contributed by atoms with E-state index in [1.165, 1.54) is 6.20 Å². The van der Waals surface area contributed by atoms with Crippen LogP contribution >= 0.6 is 11.6 Å². The number of carbonyl (C=O) groups is 1. The van der Waals surface area contributed by atoms with Gasteiger partial charge in [0, 0.05) is 18.0 Å². The van der Waals surface area contributed by atoms with Crippen molar-refractivity contribution in [1.82, 2.24) is 14.8 Å². The zero-order chi connectivity index (χ0) is 12.4. The summed E-state index contributed by atoms with van der Waals surface area (Å²) in [6, 6.07) is 3.40. The van der Waals surface area contributed by atoms with E-state index in [-0.39, 0.29) is 5.69 Å². The summed E-state index contributed by atoms with van der Waals surface area (Å²) in [5.74, 6) is -1.05.